The van der Waals surface area contributed by atoms with Crippen molar-refractivity contribution in [3.63, 3.8) is 0 Å². The largest absolute Gasteiger partial charge is 0.343 e. The zero-order valence-electron chi connectivity index (χ0n) is 11.7. The molecule has 2 aliphatic rings. The Morgan fingerprint density at radius 1 is 1.26 bits per heavy atom. The quantitative estimate of drug-likeness (QED) is 0.756. The summed E-state index contributed by atoms with van der Waals surface area (Å²) in [6.45, 7) is 2.44. The highest BCUT2D eigenvalue weighted by atomic mass is 32.2. The number of sulfone groups is 1. The summed E-state index contributed by atoms with van der Waals surface area (Å²) in [6, 6.07) is 0.0964. The minimum atomic E-state index is -2.84. The summed E-state index contributed by atoms with van der Waals surface area (Å²) >= 11 is 0. The first kappa shape index (κ1) is 14.8. The molecule has 5 nitrogen and oxygen atoms in total. The lowest BCUT2D eigenvalue weighted by atomic mass is 10.1. The van der Waals surface area contributed by atoms with Crippen LogP contribution in [0.5, 0.6) is 0 Å². The van der Waals surface area contributed by atoms with Gasteiger partial charge in [0.1, 0.15) is 0 Å². The van der Waals surface area contributed by atoms with E-state index in [-0.39, 0.29) is 17.7 Å². The van der Waals surface area contributed by atoms with Gasteiger partial charge in [-0.1, -0.05) is 0 Å². The van der Waals surface area contributed by atoms with Crippen molar-refractivity contribution in [3.05, 3.63) is 0 Å². The van der Waals surface area contributed by atoms with Crippen LogP contribution < -0.4 is 0 Å². The molecule has 0 aromatic heterocycles. The molecular weight excluding hydrogens is 264 g/mol. The smallest absolute Gasteiger partial charge is 0.223 e. The second-order valence-corrected chi connectivity index (χ2v) is 7.96. The molecule has 2 saturated heterocycles. The Kier molecular flexibility index (Phi) is 4.84. The molecule has 110 valence electrons. The Bertz CT molecular complexity index is 416. The number of amides is 1. The predicted octanol–water partition coefficient (Wildman–Crippen LogP) is 0.508. The lowest BCUT2D eigenvalue weighted by molar-refractivity contribution is -0.132. The zero-order chi connectivity index (χ0) is 13.9. The van der Waals surface area contributed by atoms with Crippen LogP contribution in [0, 0.1) is 0 Å². The molecule has 0 radical (unpaired) electrons. The molecule has 1 atom stereocenters. The highest BCUT2D eigenvalue weighted by Gasteiger charge is 2.30. The maximum Gasteiger partial charge on any atom is 0.223 e. The third-order valence-electron chi connectivity index (χ3n) is 4.22. The van der Waals surface area contributed by atoms with Crippen molar-refractivity contribution in [1.29, 1.82) is 0 Å². The predicted molar refractivity (Wildman–Crippen MR) is 74.7 cm³/mol. The van der Waals surface area contributed by atoms with Crippen LogP contribution in [0.4, 0.5) is 0 Å². The number of hydrogen-bond donors (Lipinski definition) is 0. The van der Waals surface area contributed by atoms with Crippen LogP contribution in [0.1, 0.15) is 32.1 Å². The topological polar surface area (TPSA) is 57.7 Å². The fourth-order valence-corrected chi connectivity index (χ4v) is 4.68. The Balaban J connectivity index is 1.74. The third-order valence-corrected chi connectivity index (χ3v) is 5.97. The number of rotatable bonds is 4. The molecule has 0 saturated carbocycles. The van der Waals surface area contributed by atoms with Gasteiger partial charge in [0, 0.05) is 32.1 Å². The minimum absolute atomic E-state index is 0.0964. The Morgan fingerprint density at radius 2 is 1.95 bits per heavy atom. The molecule has 0 N–H and O–H groups in total. The van der Waals surface area contributed by atoms with Crippen LogP contribution in [0.25, 0.3) is 0 Å². The van der Waals surface area contributed by atoms with E-state index in [1.54, 1.807) is 0 Å². The van der Waals surface area contributed by atoms with Gasteiger partial charge in [0.05, 0.1) is 11.5 Å². The summed E-state index contributed by atoms with van der Waals surface area (Å²) in [7, 11) is -0.911. The number of carbonyl (C=O) groups excluding carboxylic acids is 1. The Morgan fingerprint density at radius 3 is 2.53 bits per heavy atom. The van der Waals surface area contributed by atoms with Gasteiger partial charge in [-0.2, -0.15) is 0 Å². The molecular formula is C13H24N2O3S. The van der Waals surface area contributed by atoms with E-state index in [0.717, 1.165) is 25.9 Å². The van der Waals surface area contributed by atoms with Crippen LogP contribution in [0.3, 0.4) is 0 Å². The highest BCUT2D eigenvalue weighted by Crippen LogP contribution is 2.17. The van der Waals surface area contributed by atoms with Gasteiger partial charge in [-0.05, 0) is 32.7 Å². The maximum atomic E-state index is 12.0. The molecule has 2 rings (SSSR count). The summed E-state index contributed by atoms with van der Waals surface area (Å²) in [5.74, 6) is 0.760. The molecule has 2 fully saturated rings. The normalized spacial score (nSPS) is 26.8. The van der Waals surface area contributed by atoms with Crippen LogP contribution in [-0.4, -0.2) is 68.4 Å². The lowest BCUT2D eigenvalue weighted by Crippen LogP contribution is -2.39. The molecule has 1 unspecified atom stereocenters. The van der Waals surface area contributed by atoms with E-state index >= 15 is 0 Å². The molecule has 1 amide bonds. The number of nitrogens with zero attached hydrogens (tertiary/aromatic N) is 2. The van der Waals surface area contributed by atoms with Crippen LogP contribution in [0.15, 0.2) is 0 Å². The van der Waals surface area contributed by atoms with Gasteiger partial charge in [0.2, 0.25) is 5.91 Å². The summed E-state index contributed by atoms with van der Waals surface area (Å²) in [5.41, 5.74) is 0. The van der Waals surface area contributed by atoms with Gasteiger partial charge in [0.25, 0.3) is 0 Å². The van der Waals surface area contributed by atoms with Crippen molar-refractivity contribution >= 4 is 15.7 Å². The summed E-state index contributed by atoms with van der Waals surface area (Å²) < 4.78 is 22.9. The van der Waals surface area contributed by atoms with E-state index in [1.165, 1.54) is 6.42 Å². The second kappa shape index (κ2) is 6.22. The number of hydrogen-bond acceptors (Lipinski definition) is 4. The first-order valence-corrected chi connectivity index (χ1v) is 8.98. The monoisotopic (exact) mass is 288 g/mol. The lowest BCUT2D eigenvalue weighted by Gasteiger charge is -2.28. The highest BCUT2D eigenvalue weighted by molar-refractivity contribution is 7.91. The van der Waals surface area contributed by atoms with Crippen LogP contribution >= 0.6 is 0 Å². The number of carbonyl (C=O) groups is 1. The van der Waals surface area contributed by atoms with E-state index in [2.05, 4.69) is 0 Å². The SMILES string of the molecule is CN(CCC(=O)N1CCCCC1)C1CCS(=O)(=O)C1. The fraction of sp³-hybridized carbons (Fsp3) is 0.923. The standard InChI is InChI=1S/C13H24N2O3S/c1-14(12-6-10-19(17,18)11-12)9-5-13(16)15-7-3-2-4-8-15/h12H,2-11H2,1H3. The zero-order valence-corrected chi connectivity index (χ0v) is 12.5. The van der Waals surface area contributed by atoms with Crippen molar-refractivity contribution in [2.75, 3.05) is 38.2 Å². The van der Waals surface area contributed by atoms with Gasteiger partial charge in [-0.15, -0.1) is 0 Å². The third kappa shape index (κ3) is 4.18. The molecule has 0 spiro atoms. The molecule has 19 heavy (non-hydrogen) atoms. The van der Waals surface area contributed by atoms with Crippen molar-refractivity contribution in [2.45, 2.75) is 38.1 Å². The van der Waals surface area contributed by atoms with Crippen LogP contribution in [0.2, 0.25) is 0 Å². The number of piperidine rings is 1. The van der Waals surface area contributed by atoms with Gasteiger partial charge in [0.15, 0.2) is 9.84 Å². The minimum Gasteiger partial charge on any atom is -0.343 e. The van der Waals surface area contributed by atoms with Gasteiger partial charge in [-0.25, -0.2) is 8.42 Å². The maximum absolute atomic E-state index is 12.0. The van der Waals surface area contributed by atoms with Crippen LogP contribution in [-0.2, 0) is 14.6 Å². The van der Waals surface area contributed by atoms with E-state index in [1.807, 2.05) is 16.8 Å². The molecule has 0 aromatic rings. The molecule has 0 aliphatic carbocycles. The average molecular weight is 288 g/mol. The van der Waals surface area contributed by atoms with Gasteiger partial charge < -0.3 is 9.80 Å². The first-order chi connectivity index (χ1) is 8.98. The average Bonchev–Trinajstić information content (AvgIpc) is 2.77. The summed E-state index contributed by atoms with van der Waals surface area (Å²) in [5, 5.41) is 0. The molecule has 2 heterocycles. The van der Waals surface area contributed by atoms with Crippen molar-refractivity contribution < 1.29 is 13.2 Å². The second-order valence-electron chi connectivity index (χ2n) is 5.73. The summed E-state index contributed by atoms with van der Waals surface area (Å²) in [4.78, 5) is 16.0. The first-order valence-electron chi connectivity index (χ1n) is 7.16. The summed E-state index contributed by atoms with van der Waals surface area (Å²) in [6.07, 6.45) is 4.66. The van der Waals surface area contributed by atoms with E-state index < -0.39 is 9.84 Å². The Labute approximate surface area is 115 Å². The van der Waals surface area contributed by atoms with Crippen molar-refractivity contribution in [1.82, 2.24) is 9.80 Å². The molecule has 2 aliphatic heterocycles. The Hall–Kier alpha value is -0.620. The molecule has 6 heteroatoms. The number of likely N-dealkylation sites (tertiary alicyclic amines) is 1. The molecule has 0 aromatic carbocycles. The molecule has 0 bridgehead atoms. The van der Waals surface area contributed by atoms with Gasteiger partial charge >= 0.3 is 0 Å². The van der Waals surface area contributed by atoms with E-state index in [0.29, 0.717) is 25.1 Å². The van der Waals surface area contributed by atoms with Crippen molar-refractivity contribution in [3.8, 4) is 0 Å². The van der Waals surface area contributed by atoms with Crippen molar-refractivity contribution in [2.24, 2.45) is 0 Å². The van der Waals surface area contributed by atoms with E-state index in [4.69, 9.17) is 0 Å². The van der Waals surface area contributed by atoms with Gasteiger partial charge in [-0.3, -0.25) is 4.79 Å². The fourth-order valence-electron chi connectivity index (χ4n) is 2.88. The van der Waals surface area contributed by atoms with E-state index in [9.17, 15) is 13.2 Å².